The molecule has 0 fully saturated rings. The second-order valence-corrected chi connectivity index (χ2v) is 2.53. The number of nitriles is 1. The molecule has 0 saturated carbocycles. The Kier molecular flexibility index (Phi) is 2.73. The van der Waals surface area contributed by atoms with Gasteiger partial charge in [-0.2, -0.15) is 5.26 Å². The first-order valence-corrected chi connectivity index (χ1v) is 3.74. The first kappa shape index (κ1) is 9.63. The number of anilines is 1. The average Bonchev–Trinajstić information content (AvgIpc) is 2.16. The monoisotopic (exact) mass is 185 g/mol. The molecule has 0 aliphatic carbocycles. The van der Waals surface area contributed by atoms with Crippen LogP contribution in [0.15, 0.2) is 18.2 Å². The van der Waals surface area contributed by atoms with Crippen LogP contribution in [0.5, 0.6) is 0 Å². The molecule has 1 aromatic rings. The van der Waals surface area contributed by atoms with Crippen LogP contribution in [0, 0.1) is 23.2 Å². The van der Waals surface area contributed by atoms with Crippen LogP contribution in [-0.2, 0) is 4.79 Å². The Morgan fingerprint density at radius 2 is 2.14 bits per heavy atom. The topological polar surface area (TPSA) is 92.9 Å². The molecular weight excluding hydrogens is 178 g/mol. The summed E-state index contributed by atoms with van der Waals surface area (Å²) < 4.78 is 0. The van der Waals surface area contributed by atoms with Crippen molar-refractivity contribution in [2.24, 2.45) is 5.73 Å². The number of hydrogen-bond donors (Lipinski definition) is 2. The van der Waals surface area contributed by atoms with Gasteiger partial charge in [0, 0.05) is 17.2 Å². The van der Waals surface area contributed by atoms with Crippen LogP contribution in [0.2, 0.25) is 0 Å². The Labute approximate surface area is 81.1 Å². The highest BCUT2D eigenvalue weighted by molar-refractivity contribution is 5.92. The van der Waals surface area contributed by atoms with Crippen molar-refractivity contribution in [2.75, 3.05) is 5.73 Å². The van der Waals surface area contributed by atoms with Crippen molar-refractivity contribution in [1.29, 1.82) is 5.26 Å². The fourth-order valence-electron chi connectivity index (χ4n) is 0.863. The van der Waals surface area contributed by atoms with E-state index in [2.05, 4.69) is 11.8 Å². The van der Waals surface area contributed by atoms with Gasteiger partial charge in [0.05, 0.1) is 11.6 Å². The molecule has 0 atom stereocenters. The van der Waals surface area contributed by atoms with Gasteiger partial charge in [0.15, 0.2) is 0 Å². The molecule has 4 N–H and O–H groups in total. The second kappa shape index (κ2) is 3.97. The molecular formula is C10H7N3O. The lowest BCUT2D eigenvalue weighted by Gasteiger charge is -1.96. The van der Waals surface area contributed by atoms with E-state index in [0.29, 0.717) is 16.8 Å². The number of amides is 1. The van der Waals surface area contributed by atoms with E-state index in [9.17, 15) is 4.79 Å². The molecule has 4 nitrogen and oxygen atoms in total. The van der Waals surface area contributed by atoms with Crippen molar-refractivity contribution in [3.8, 4) is 17.9 Å². The first-order valence-electron chi connectivity index (χ1n) is 3.74. The molecule has 1 amide bonds. The minimum absolute atomic E-state index is 0.415. The summed E-state index contributed by atoms with van der Waals surface area (Å²) in [7, 11) is 0. The van der Waals surface area contributed by atoms with Gasteiger partial charge in [-0.05, 0) is 18.2 Å². The molecule has 0 unspecified atom stereocenters. The van der Waals surface area contributed by atoms with Gasteiger partial charge in [-0.1, -0.05) is 5.92 Å². The Morgan fingerprint density at radius 1 is 1.43 bits per heavy atom. The molecule has 4 heteroatoms. The number of nitrogen functional groups attached to an aromatic ring is 1. The molecule has 0 bridgehead atoms. The summed E-state index contributed by atoms with van der Waals surface area (Å²) in [5, 5.41) is 8.60. The highest BCUT2D eigenvalue weighted by Gasteiger charge is 1.97. The maximum atomic E-state index is 10.4. The number of primary amides is 1. The summed E-state index contributed by atoms with van der Waals surface area (Å²) >= 11 is 0. The Morgan fingerprint density at radius 3 is 2.71 bits per heavy atom. The lowest BCUT2D eigenvalue weighted by atomic mass is 10.1. The van der Waals surface area contributed by atoms with Crippen molar-refractivity contribution in [1.82, 2.24) is 0 Å². The molecule has 14 heavy (non-hydrogen) atoms. The van der Waals surface area contributed by atoms with E-state index in [1.54, 1.807) is 12.1 Å². The van der Waals surface area contributed by atoms with E-state index in [4.69, 9.17) is 16.7 Å². The van der Waals surface area contributed by atoms with Gasteiger partial charge in [0.2, 0.25) is 0 Å². The van der Waals surface area contributed by atoms with Crippen LogP contribution in [0.25, 0.3) is 0 Å². The standard InChI is InChI=1S/C10H7N3O/c11-6-7-1-3-9(12)8(5-7)2-4-10(13)14/h1,3,5H,12H2,(H2,13,14). The zero-order valence-electron chi connectivity index (χ0n) is 7.24. The predicted octanol–water partition coefficient (Wildman–Crippen LogP) is -0.0227. The number of benzene rings is 1. The van der Waals surface area contributed by atoms with Gasteiger partial charge >= 0.3 is 0 Å². The van der Waals surface area contributed by atoms with E-state index >= 15 is 0 Å². The molecule has 1 aromatic carbocycles. The zero-order valence-corrected chi connectivity index (χ0v) is 7.24. The molecule has 0 saturated heterocycles. The van der Waals surface area contributed by atoms with Crippen molar-refractivity contribution < 1.29 is 4.79 Å². The van der Waals surface area contributed by atoms with Gasteiger partial charge < -0.3 is 11.5 Å². The summed E-state index contributed by atoms with van der Waals surface area (Å²) in [6.07, 6.45) is 0. The molecule has 0 heterocycles. The van der Waals surface area contributed by atoms with E-state index in [1.165, 1.54) is 6.07 Å². The van der Waals surface area contributed by atoms with Crippen LogP contribution >= 0.6 is 0 Å². The van der Waals surface area contributed by atoms with Crippen molar-refractivity contribution >= 4 is 11.6 Å². The average molecular weight is 185 g/mol. The van der Waals surface area contributed by atoms with Crippen LogP contribution < -0.4 is 11.5 Å². The summed E-state index contributed by atoms with van der Waals surface area (Å²) in [4.78, 5) is 10.4. The van der Waals surface area contributed by atoms with Crippen molar-refractivity contribution in [3.63, 3.8) is 0 Å². The second-order valence-electron chi connectivity index (χ2n) is 2.53. The molecule has 1 rings (SSSR count). The molecule has 0 radical (unpaired) electrons. The lowest BCUT2D eigenvalue weighted by molar-refractivity contribution is -0.112. The Hall–Kier alpha value is -2.46. The van der Waals surface area contributed by atoms with Gasteiger partial charge in [0.25, 0.3) is 5.91 Å². The predicted molar refractivity (Wildman–Crippen MR) is 51.6 cm³/mol. The quantitative estimate of drug-likeness (QED) is 0.439. The number of rotatable bonds is 0. The lowest BCUT2D eigenvalue weighted by Crippen LogP contribution is -2.06. The highest BCUT2D eigenvalue weighted by Crippen LogP contribution is 2.11. The summed E-state index contributed by atoms with van der Waals surface area (Å²) in [5.74, 6) is 3.91. The van der Waals surface area contributed by atoms with Crippen molar-refractivity contribution in [2.45, 2.75) is 0 Å². The van der Waals surface area contributed by atoms with Crippen LogP contribution in [0.1, 0.15) is 11.1 Å². The van der Waals surface area contributed by atoms with E-state index in [-0.39, 0.29) is 0 Å². The normalized spacial score (nSPS) is 8.21. The molecule has 0 aliphatic heterocycles. The summed E-state index contributed by atoms with van der Waals surface area (Å²) in [6.45, 7) is 0. The molecule has 0 aliphatic rings. The fourth-order valence-corrected chi connectivity index (χ4v) is 0.863. The Bertz CT molecular complexity index is 474. The third-order valence-electron chi connectivity index (χ3n) is 1.50. The summed E-state index contributed by atoms with van der Waals surface area (Å²) in [6, 6.07) is 6.58. The maximum Gasteiger partial charge on any atom is 0.293 e. The number of nitrogens with two attached hydrogens (primary N) is 2. The highest BCUT2D eigenvalue weighted by atomic mass is 16.1. The maximum absolute atomic E-state index is 10.4. The van der Waals surface area contributed by atoms with E-state index < -0.39 is 5.91 Å². The molecule has 68 valence electrons. The van der Waals surface area contributed by atoms with Crippen molar-refractivity contribution in [3.05, 3.63) is 29.3 Å². The summed E-state index contributed by atoms with van der Waals surface area (Å²) in [5.41, 5.74) is 11.7. The minimum Gasteiger partial charge on any atom is -0.398 e. The van der Waals surface area contributed by atoms with Crippen LogP contribution in [0.3, 0.4) is 0 Å². The SMILES string of the molecule is N#Cc1ccc(N)c(C#CC(N)=O)c1. The molecule has 0 spiro atoms. The van der Waals surface area contributed by atoms with Gasteiger partial charge in [-0.15, -0.1) is 0 Å². The number of carbonyl (C=O) groups excluding carboxylic acids is 1. The fraction of sp³-hybridized carbons (Fsp3) is 0. The Balaban J connectivity index is 3.17. The van der Waals surface area contributed by atoms with Gasteiger partial charge in [0.1, 0.15) is 0 Å². The van der Waals surface area contributed by atoms with Crippen LogP contribution in [0.4, 0.5) is 5.69 Å². The smallest absolute Gasteiger partial charge is 0.293 e. The number of nitrogens with zero attached hydrogens (tertiary/aromatic N) is 1. The van der Waals surface area contributed by atoms with E-state index in [1.807, 2.05) is 6.07 Å². The first-order chi connectivity index (χ1) is 6.63. The van der Waals surface area contributed by atoms with Gasteiger partial charge in [-0.25, -0.2) is 0 Å². The largest absolute Gasteiger partial charge is 0.398 e. The number of hydrogen-bond acceptors (Lipinski definition) is 3. The van der Waals surface area contributed by atoms with Crippen LogP contribution in [-0.4, -0.2) is 5.91 Å². The minimum atomic E-state index is -0.730. The van der Waals surface area contributed by atoms with Gasteiger partial charge in [-0.3, -0.25) is 4.79 Å². The van der Waals surface area contributed by atoms with E-state index in [0.717, 1.165) is 0 Å². The third-order valence-corrected chi connectivity index (χ3v) is 1.50. The number of carbonyl (C=O) groups is 1. The zero-order chi connectivity index (χ0) is 10.6. The third kappa shape index (κ3) is 2.26. The molecule has 0 aromatic heterocycles.